The van der Waals surface area contributed by atoms with E-state index in [-0.39, 0.29) is 21.9 Å². The molecular weight excluding hydrogens is 278 g/mol. The lowest BCUT2D eigenvalue weighted by Crippen LogP contribution is -2.44. The number of rotatable bonds is 4. The van der Waals surface area contributed by atoms with Crippen molar-refractivity contribution in [1.82, 2.24) is 0 Å². The van der Waals surface area contributed by atoms with Gasteiger partial charge in [-0.15, -0.1) is 0 Å². The summed E-state index contributed by atoms with van der Waals surface area (Å²) in [4.78, 5) is 4.82. The maximum Gasteiger partial charge on any atom is 0.192 e. The van der Waals surface area contributed by atoms with E-state index in [1.807, 2.05) is 0 Å². The Balaban J connectivity index is 2.76. The molecule has 1 rings (SSSR count). The maximum atomic E-state index is 6.37. The zero-order valence-electron chi connectivity index (χ0n) is 15.8. The van der Waals surface area contributed by atoms with Crippen LogP contribution in [0, 0.1) is 10.8 Å². The van der Waals surface area contributed by atoms with Crippen molar-refractivity contribution in [2.24, 2.45) is 15.8 Å². The van der Waals surface area contributed by atoms with E-state index in [4.69, 9.17) is 14.2 Å². The van der Waals surface area contributed by atoms with E-state index in [1.165, 1.54) is 0 Å². The van der Waals surface area contributed by atoms with E-state index in [0.29, 0.717) is 13.2 Å². The molecule has 0 aromatic heterocycles. The molecule has 0 aliphatic carbocycles. The summed E-state index contributed by atoms with van der Waals surface area (Å²) in [5, 5.41) is 0.232. The van der Waals surface area contributed by atoms with Crippen molar-refractivity contribution in [3.63, 3.8) is 0 Å². The summed E-state index contributed by atoms with van der Waals surface area (Å²) < 4.78 is 12.3. The van der Waals surface area contributed by atoms with Crippen LogP contribution in [0.4, 0.5) is 0 Å². The third kappa shape index (κ3) is 4.56. The van der Waals surface area contributed by atoms with Gasteiger partial charge in [-0.05, 0) is 37.4 Å². The van der Waals surface area contributed by atoms with Crippen molar-refractivity contribution in [3.8, 4) is 0 Å². The Morgan fingerprint density at radius 2 is 1.62 bits per heavy atom. The first-order chi connectivity index (χ1) is 9.17. The van der Waals surface area contributed by atoms with E-state index in [0.717, 1.165) is 5.90 Å². The van der Waals surface area contributed by atoms with Crippen LogP contribution < -0.4 is 0 Å². The molecule has 0 N–H and O–H groups in total. The highest BCUT2D eigenvalue weighted by Gasteiger charge is 2.41. The van der Waals surface area contributed by atoms with Crippen LogP contribution in [0.15, 0.2) is 4.99 Å². The van der Waals surface area contributed by atoms with Crippen LogP contribution in [-0.2, 0) is 9.16 Å². The van der Waals surface area contributed by atoms with Gasteiger partial charge < -0.3 is 9.16 Å². The third-order valence-corrected chi connectivity index (χ3v) is 9.31. The topological polar surface area (TPSA) is 30.8 Å². The summed E-state index contributed by atoms with van der Waals surface area (Å²) in [7, 11) is -1.73. The summed E-state index contributed by atoms with van der Waals surface area (Å²) in [6, 6.07) is 0.250. The second-order valence-corrected chi connectivity index (χ2v) is 14.4. The van der Waals surface area contributed by atoms with Crippen molar-refractivity contribution >= 4 is 14.2 Å². The monoisotopic (exact) mass is 313 g/mol. The second kappa shape index (κ2) is 5.69. The molecule has 0 aromatic rings. The van der Waals surface area contributed by atoms with Gasteiger partial charge in [0.15, 0.2) is 14.2 Å². The van der Waals surface area contributed by atoms with Crippen LogP contribution in [0.2, 0.25) is 18.1 Å². The molecule has 0 saturated carbocycles. The van der Waals surface area contributed by atoms with Crippen LogP contribution in [-0.4, -0.2) is 33.5 Å². The minimum atomic E-state index is -1.73. The zero-order chi connectivity index (χ0) is 16.7. The Hall–Kier alpha value is -0.353. The Labute approximate surface area is 132 Å². The molecule has 1 atom stereocenters. The largest absolute Gasteiger partial charge is 0.478 e. The van der Waals surface area contributed by atoms with E-state index in [9.17, 15) is 0 Å². The first-order valence-corrected chi connectivity index (χ1v) is 10.9. The lowest BCUT2D eigenvalue weighted by molar-refractivity contribution is 0.177. The summed E-state index contributed by atoms with van der Waals surface area (Å²) in [6.07, 6.45) is 0. The Bertz CT molecular complexity index is 400. The molecule has 0 fully saturated rings. The molecule has 0 radical (unpaired) electrons. The van der Waals surface area contributed by atoms with Gasteiger partial charge in [-0.25, -0.2) is 4.99 Å². The first-order valence-electron chi connectivity index (χ1n) is 8.02. The number of hydrogen-bond acceptors (Lipinski definition) is 3. The van der Waals surface area contributed by atoms with E-state index in [2.05, 4.69) is 68.5 Å². The van der Waals surface area contributed by atoms with Gasteiger partial charge in [-0.2, -0.15) is 0 Å². The van der Waals surface area contributed by atoms with Gasteiger partial charge in [0.2, 0.25) is 0 Å². The quantitative estimate of drug-likeness (QED) is 0.693. The minimum absolute atomic E-state index is 0.151. The molecule has 1 aliphatic heterocycles. The molecule has 4 heteroatoms. The fourth-order valence-electron chi connectivity index (χ4n) is 1.83. The minimum Gasteiger partial charge on any atom is -0.478 e. The molecule has 3 nitrogen and oxygen atoms in total. The average Bonchev–Trinajstić information content (AvgIpc) is 2.74. The molecule has 0 saturated heterocycles. The predicted octanol–water partition coefficient (Wildman–Crippen LogP) is 4.88. The Morgan fingerprint density at radius 1 is 1.10 bits per heavy atom. The molecule has 0 amide bonds. The number of nitrogens with zero attached hydrogens (tertiary/aromatic N) is 1. The summed E-state index contributed by atoms with van der Waals surface area (Å²) in [5.41, 5.74) is -0.00631. The molecule has 0 bridgehead atoms. The molecular formula is C17H35NO2Si. The Kier molecular flexibility index (Phi) is 5.07. The molecule has 0 aromatic carbocycles. The SMILES string of the molecule is CC(C)(CO[Si](C)(C)C(C)(C)C)C1=N[C@@H](C(C)(C)C)CO1. The number of hydrogen-bond donors (Lipinski definition) is 0. The van der Waals surface area contributed by atoms with Crippen LogP contribution in [0.3, 0.4) is 0 Å². The van der Waals surface area contributed by atoms with E-state index in [1.54, 1.807) is 0 Å². The third-order valence-electron chi connectivity index (χ3n) is 4.83. The van der Waals surface area contributed by atoms with E-state index >= 15 is 0 Å². The summed E-state index contributed by atoms with van der Waals surface area (Å²) >= 11 is 0. The normalized spacial score (nSPS) is 21.2. The molecule has 1 heterocycles. The molecule has 0 unspecified atom stereocenters. The van der Waals surface area contributed by atoms with Crippen molar-refractivity contribution in [2.45, 2.75) is 79.6 Å². The summed E-state index contributed by atoms with van der Waals surface area (Å²) in [5.74, 6) is 0.862. The van der Waals surface area contributed by atoms with Crippen LogP contribution in [0.5, 0.6) is 0 Å². The van der Waals surface area contributed by atoms with Crippen molar-refractivity contribution in [3.05, 3.63) is 0 Å². The van der Waals surface area contributed by atoms with Crippen LogP contribution >= 0.6 is 0 Å². The van der Waals surface area contributed by atoms with Gasteiger partial charge >= 0.3 is 0 Å². The van der Waals surface area contributed by atoms with Crippen molar-refractivity contribution in [2.75, 3.05) is 13.2 Å². The number of aliphatic imine (C=N–C) groups is 1. The molecule has 21 heavy (non-hydrogen) atoms. The van der Waals surface area contributed by atoms with Gasteiger partial charge in [0, 0.05) is 6.61 Å². The second-order valence-electron chi connectivity index (χ2n) is 9.56. The fourth-order valence-corrected chi connectivity index (χ4v) is 2.98. The van der Waals surface area contributed by atoms with Gasteiger partial charge in [-0.3, -0.25) is 0 Å². The summed E-state index contributed by atoms with van der Waals surface area (Å²) in [6.45, 7) is 23.8. The zero-order valence-corrected chi connectivity index (χ0v) is 16.8. The highest BCUT2D eigenvalue weighted by molar-refractivity contribution is 6.74. The lowest BCUT2D eigenvalue weighted by Gasteiger charge is -2.38. The van der Waals surface area contributed by atoms with Crippen LogP contribution in [0.1, 0.15) is 55.4 Å². The van der Waals surface area contributed by atoms with Crippen molar-refractivity contribution < 1.29 is 9.16 Å². The van der Waals surface area contributed by atoms with E-state index < -0.39 is 8.32 Å². The smallest absolute Gasteiger partial charge is 0.192 e. The van der Waals surface area contributed by atoms with Gasteiger partial charge in [-0.1, -0.05) is 41.5 Å². The average molecular weight is 314 g/mol. The predicted molar refractivity (Wildman–Crippen MR) is 93.6 cm³/mol. The molecule has 0 spiro atoms. The molecule has 124 valence electrons. The van der Waals surface area contributed by atoms with Gasteiger partial charge in [0.1, 0.15) is 6.61 Å². The highest BCUT2D eigenvalue weighted by atomic mass is 28.4. The highest BCUT2D eigenvalue weighted by Crippen LogP contribution is 2.38. The van der Waals surface area contributed by atoms with Crippen LogP contribution in [0.25, 0.3) is 0 Å². The fraction of sp³-hybridized carbons (Fsp3) is 0.941. The number of ether oxygens (including phenoxy) is 1. The van der Waals surface area contributed by atoms with Crippen molar-refractivity contribution in [1.29, 1.82) is 0 Å². The van der Waals surface area contributed by atoms with Gasteiger partial charge in [0.05, 0.1) is 11.5 Å². The Morgan fingerprint density at radius 3 is 2.00 bits per heavy atom. The van der Waals surface area contributed by atoms with Gasteiger partial charge in [0.25, 0.3) is 0 Å². The lowest BCUT2D eigenvalue weighted by atomic mass is 9.88. The molecule has 1 aliphatic rings. The first kappa shape index (κ1) is 18.7. The maximum absolute atomic E-state index is 6.37. The standard InChI is InChI=1S/C17H35NO2Si/c1-15(2,3)13-11-19-14(18-13)17(7,8)12-20-21(9,10)16(4,5)6/h13H,11-12H2,1-10H3/t13-/m1/s1.